The summed E-state index contributed by atoms with van der Waals surface area (Å²) in [6, 6.07) is 5.92. The summed E-state index contributed by atoms with van der Waals surface area (Å²) in [4.78, 5) is 16.2. The maximum Gasteiger partial charge on any atom is 0.225 e. The van der Waals surface area contributed by atoms with Crippen LogP contribution >= 0.6 is 0 Å². The molecule has 1 unspecified atom stereocenters. The Morgan fingerprint density at radius 1 is 1.32 bits per heavy atom. The molecule has 1 atom stereocenters. The molecule has 0 aromatic heterocycles. The molecule has 1 heterocycles. The van der Waals surface area contributed by atoms with Gasteiger partial charge in [0.15, 0.2) is 0 Å². The number of phenols is 1. The first-order valence-electron chi connectivity index (χ1n) is 8.18. The van der Waals surface area contributed by atoms with Gasteiger partial charge in [-0.15, -0.1) is 0 Å². The van der Waals surface area contributed by atoms with Gasteiger partial charge in [-0.1, -0.05) is 18.6 Å². The number of phenolic OH excluding ortho intramolecular Hbond substituents is 1. The average molecular weight is 304 g/mol. The van der Waals surface area contributed by atoms with Crippen molar-refractivity contribution in [1.82, 2.24) is 9.80 Å². The second-order valence-corrected chi connectivity index (χ2v) is 6.69. The van der Waals surface area contributed by atoms with Gasteiger partial charge < -0.3 is 14.9 Å². The smallest absolute Gasteiger partial charge is 0.225 e. The summed E-state index contributed by atoms with van der Waals surface area (Å²) in [5.74, 6) is 0.776. The first-order valence-corrected chi connectivity index (χ1v) is 8.18. The predicted octanol–water partition coefficient (Wildman–Crippen LogP) is 2.64. The number of carbonyl (C=O) groups excluding carboxylic acids is 1. The number of nitrogens with zero attached hydrogens (tertiary/aromatic N) is 2. The lowest BCUT2D eigenvalue weighted by Crippen LogP contribution is -2.31. The third-order valence-corrected chi connectivity index (χ3v) is 4.44. The van der Waals surface area contributed by atoms with Crippen molar-refractivity contribution in [3.8, 4) is 5.75 Å². The highest BCUT2D eigenvalue weighted by atomic mass is 16.3. The third-order valence-electron chi connectivity index (χ3n) is 4.44. The largest absolute Gasteiger partial charge is 0.508 e. The van der Waals surface area contributed by atoms with Gasteiger partial charge in [0.1, 0.15) is 5.75 Å². The molecule has 4 nitrogen and oxygen atoms in total. The number of hydrogen-bond donors (Lipinski definition) is 1. The van der Waals surface area contributed by atoms with Crippen LogP contribution in [0.5, 0.6) is 5.75 Å². The molecule has 1 aliphatic heterocycles. The highest BCUT2D eigenvalue weighted by molar-refractivity contribution is 5.78. The minimum absolute atomic E-state index is 0.135. The van der Waals surface area contributed by atoms with Crippen LogP contribution in [0.4, 0.5) is 0 Å². The second-order valence-electron chi connectivity index (χ2n) is 6.69. The first-order chi connectivity index (χ1) is 10.5. The van der Waals surface area contributed by atoms with E-state index in [9.17, 15) is 9.90 Å². The van der Waals surface area contributed by atoms with Crippen molar-refractivity contribution < 1.29 is 9.90 Å². The average Bonchev–Trinajstić information content (AvgIpc) is 2.62. The summed E-state index contributed by atoms with van der Waals surface area (Å²) < 4.78 is 0. The van der Waals surface area contributed by atoms with Crippen LogP contribution in [-0.2, 0) is 17.8 Å². The van der Waals surface area contributed by atoms with E-state index in [-0.39, 0.29) is 11.8 Å². The fraction of sp³-hybridized carbons (Fsp3) is 0.611. The summed E-state index contributed by atoms with van der Waals surface area (Å²) >= 11 is 0. The summed E-state index contributed by atoms with van der Waals surface area (Å²) in [6.07, 6.45) is 4.95. The molecule has 1 aromatic rings. The minimum Gasteiger partial charge on any atom is -0.508 e. The molecule has 1 fully saturated rings. The quantitative estimate of drug-likeness (QED) is 0.909. The lowest BCUT2D eigenvalue weighted by atomic mass is 9.94. The lowest BCUT2D eigenvalue weighted by Gasteiger charge is -2.20. The van der Waals surface area contributed by atoms with Gasteiger partial charge in [-0.25, -0.2) is 0 Å². The molecule has 1 aliphatic rings. The molecular formula is C18H28N2O2. The van der Waals surface area contributed by atoms with Gasteiger partial charge >= 0.3 is 0 Å². The van der Waals surface area contributed by atoms with Gasteiger partial charge in [0.05, 0.1) is 0 Å². The van der Waals surface area contributed by atoms with Crippen molar-refractivity contribution in [3.63, 3.8) is 0 Å². The van der Waals surface area contributed by atoms with E-state index in [2.05, 4.69) is 6.07 Å². The number of carbonyl (C=O) groups is 1. The Hall–Kier alpha value is -1.55. The van der Waals surface area contributed by atoms with E-state index in [0.29, 0.717) is 5.75 Å². The standard InChI is InChI=1S/C18H28N2O2/c1-19(2)13-16-10-8-14(12-17(16)21)7-9-15-6-4-5-11-20(3)18(15)22/h8,10,12,15,21H,4-7,9,11,13H2,1-3H3. The molecule has 1 amide bonds. The van der Waals surface area contributed by atoms with Crippen molar-refractivity contribution in [2.24, 2.45) is 5.92 Å². The molecule has 0 saturated carbocycles. The van der Waals surface area contributed by atoms with Crippen LogP contribution < -0.4 is 0 Å². The predicted molar refractivity (Wildman–Crippen MR) is 88.8 cm³/mol. The third kappa shape index (κ3) is 4.47. The molecule has 122 valence electrons. The van der Waals surface area contributed by atoms with E-state index in [1.54, 1.807) is 0 Å². The molecule has 0 spiro atoms. The molecule has 1 saturated heterocycles. The van der Waals surface area contributed by atoms with Crippen LogP contribution in [0, 0.1) is 5.92 Å². The number of hydrogen-bond acceptors (Lipinski definition) is 3. The number of aryl methyl sites for hydroxylation is 1. The molecule has 0 aliphatic carbocycles. The number of rotatable bonds is 5. The molecular weight excluding hydrogens is 276 g/mol. The highest BCUT2D eigenvalue weighted by Gasteiger charge is 2.24. The zero-order valence-corrected chi connectivity index (χ0v) is 14.0. The highest BCUT2D eigenvalue weighted by Crippen LogP contribution is 2.25. The second kappa shape index (κ2) is 7.63. The van der Waals surface area contributed by atoms with E-state index < -0.39 is 0 Å². The van der Waals surface area contributed by atoms with Crippen molar-refractivity contribution in [2.45, 2.75) is 38.6 Å². The number of amides is 1. The molecule has 1 N–H and O–H groups in total. The number of benzene rings is 1. The Bertz CT molecular complexity index is 514. The summed E-state index contributed by atoms with van der Waals surface area (Å²) in [7, 11) is 5.88. The SMILES string of the molecule is CN(C)Cc1ccc(CCC2CCCCN(C)C2=O)cc1O. The van der Waals surface area contributed by atoms with E-state index in [4.69, 9.17) is 0 Å². The Labute approximate surface area is 133 Å². The minimum atomic E-state index is 0.135. The van der Waals surface area contributed by atoms with Crippen LogP contribution in [0.15, 0.2) is 18.2 Å². The van der Waals surface area contributed by atoms with Gasteiger partial charge in [-0.2, -0.15) is 0 Å². The molecule has 1 aromatic carbocycles. The zero-order chi connectivity index (χ0) is 16.1. The summed E-state index contributed by atoms with van der Waals surface area (Å²) in [5.41, 5.74) is 2.05. The topological polar surface area (TPSA) is 43.8 Å². The van der Waals surface area contributed by atoms with E-state index in [0.717, 1.165) is 56.3 Å². The van der Waals surface area contributed by atoms with Gasteiger partial charge in [0.25, 0.3) is 0 Å². The molecule has 0 bridgehead atoms. The Balaban J connectivity index is 1.96. The fourth-order valence-corrected chi connectivity index (χ4v) is 3.13. The van der Waals surface area contributed by atoms with Crippen molar-refractivity contribution in [2.75, 3.05) is 27.7 Å². The number of aromatic hydroxyl groups is 1. The van der Waals surface area contributed by atoms with Gasteiger partial charge in [0, 0.05) is 31.6 Å². The number of likely N-dealkylation sites (tertiary alicyclic amines) is 1. The van der Waals surface area contributed by atoms with E-state index in [1.165, 1.54) is 0 Å². The Morgan fingerprint density at radius 3 is 2.77 bits per heavy atom. The summed E-state index contributed by atoms with van der Waals surface area (Å²) in [5, 5.41) is 10.1. The van der Waals surface area contributed by atoms with Gasteiger partial charge in [0.2, 0.25) is 5.91 Å². The lowest BCUT2D eigenvalue weighted by molar-refractivity contribution is -0.133. The Morgan fingerprint density at radius 2 is 2.09 bits per heavy atom. The van der Waals surface area contributed by atoms with Crippen molar-refractivity contribution in [3.05, 3.63) is 29.3 Å². The van der Waals surface area contributed by atoms with Gasteiger partial charge in [-0.3, -0.25) is 4.79 Å². The van der Waals surface area contributed by atoms with Crippen molar-refractivity contribution in [1.29, 1.82) is 0 Å². The molecule has 0 radical (unpaired) electrons. The van der Waals surface area contributed by atoms with Gasteiger partial charge in [-0.05, 0) is 51.4 Å². The normalized spacial score (nSPS) is 19.5. The monoisotopic (exact) mass is 304 g/mol. The maximum atomic E-state index is 12.3. The van der Waals surface area contributed by atoms with E-state index in [1.807, 2.05) is 43.1 Å². The molecule has 4 heteroatoms. The fourth-order valence-electron chi connectivity index (χ4n) is 3.13. The van der Waals surface area contributed by atoms with Crippen LogP contribution in [0.1, 0.15) is 36.8 Å². The van der Waals surface area contributed by atoms with Crippen LogP contribution in [0.3, 0.4) is 0 Å². The van der Waals surface area contributed by atoms with Crippen LogP contribution in [0.2, 0.25) is 0 Å². The first kappa shape index (κ1) is 16.8. The molecule has 22 heavy (non-hydrogen) atoms. The molecule has 2 rings (SSSR count). The van der Waals surface area contributed by atoms with Crippen molar-refractivity contribution >= 4 is 5.91 Å². The zero-order valence-electron chi connectivity index (χ0n) is 14.0. The van der Waals surface area contributed by atoms with E-state index >= 15 is 0 Å². The van der Waals surface area contributed by atoms with Crippen LogP contribution in [0.25, 0.3) is 0 Å². The Kier molecular flexibility index (Phi) is 5.83. The van der Waals surface area contributed by atoms with Crippen LogP contribution in [-0.4, -0.2) is 48.5 Å². The maximum absolute atomic E-state index is 12.3. The summed E-state index contributed by atoms with van der Waals surface area (Å²) in [6.45, 7) is 1.62.